The van der Waals surface area contributed by atoms with E-state index in [1.807, 2.05) is 25.1 Å². The lowest BCUT2D eigenvalue weighted by Crippen LogP contribution is -2.30. The van der Waals surface area contributed by atoms with Gasteiger partial charge in [0, 0.05) is 12.1 Å². The number of hydrogen-bond acceptors (Lipinski definition) is 3. The zero-order chi connectivity index (χ0) is 18.8. The molecule has 136 valence electrons. The molecule has 3 rings (SSSR count). The van der Waals surface area contributed by atoms with Crippen molar-refractivity contribution in [3.05, 3.63) is 82.2 Å². The molecule has 0 aliphatic heterocycles. The maximum atomic E-state index is 12.9. The SMILES string of the molecule is C=C(N)NCc1cc(C(=O)N[C@H]2c3cc(C)ccc3C[C@@H]2C)ccc1C. The number of nitrogens with two attached hydrogens (primary N) is 1. The normalized spacial score (nSPS) is 18.3. The van der Waals surface area contributed by atoms with Crippen molar-refractivity contribution in [2.75, 3.05) is 0 Å². The molecule has 1 aliphatic carbocycles. The van der Waals surface area contributed by atoms with Gasteiger partial charge in [-0.1, -0.05) is 43.3 Å². The van der Waals surface area contributed by atoms with Crippen LogP contribution in [-0.2, 0) is 13.0 Å². The first-order valence-electron chi connectivity index (χ1n) is 9.03. The standard InChI is InChI=1S/C22H27N3O/c1-13-5-7-17-10-15(3)21(20(17)9-13)25-22(26)18-8-6-14(2)19(11-18)12-24-16(4)23/h5-9,11,15,21,24H,4,10,12,23H2,1-3H3,(H,25,26)/t15-,21+/m0/s1. The lowest BCUT2D eigenvalue weighted by atomic mass is 10.00. The van der Waals surface area contributed by atoms with E-state index in [0.717, 1.165) is 17.5 Å². The van der Waals surface area contributed by atoms with Gasteiger partial charge in [-0.25, -0.2) is 0 Å². The number of benzene rings is 2. The van der Waals surface area contributed by atoms with E-state index in [-0.39, 0.29) is 11.9 Å². The molecule has 0 bridgehead atoms. The minimum Gasteiger partial charge on any atom is -0.386 e. The number of nitrogens with one attached hydrogen (secondary N) is 2. The van der Waals surface area contributed by atoms with Crippen molar-refractivity contribution >= 4 is 5.91 Å². The average molecular weight is 349 g/mol. The van der Waals surface area contributed by atoms with Crippen LogP contribution in [0.25, 0.3) is 0 Å². The number of hydrogen-bond donors (Lipinski definition) is 3. The number of aryl methyl sites for hydroxylation is 2. The van der Waals surface area contributed by atoms with Gasteiger partial charge < -0.3 is 16.4 Å². The lowest BCUT2D eigenvalue weighted by molar-refractivity contribution is 0.0927. The van der Waals surface area contributed by atoms with E-state index >= 15 is 0 Å². The van der Waals surface area contributed by atoms with Crippen LogP contribution in [0.4, 0.5) is 0 Å². The molecule has 4 heteroatoms. The third kappa shape index (κ3) is 3.74. The van der Waals surface area contributed by atoms with Gasteiger partial charge in [0.1, 0.15) is 0 Å². The highest BCUT2D eigenvalue weighted by atomic mass is 16.1. The second-order valence-corrected chi connectivity index (χ2v) is 7.35. The Morgan fingerprint density at radius 1 is 1.23 bits per heavy atom. The molecule has 1 amide bonds. The van der Waals surface area contributed by atoms with Gasteiger partial charge in [-0.05, 0) is 60.6 Å². The highest BCUT2D eigenvalue weighted by Crippen LogP contribution is 2.36. The first kappa shape index (κ1) is 18.1. The second-order valence-electron chi connectivity index (χ2n) is 7.35. The van der Waals surface area contributed by atoms with Gasteiger partial charge in [0.25, 0.3) is 5.91 Å². The first-order chi connectivity index (χ1) is 12.3. The Labute approximate surface area is 155 Å². The van der Waals surface area contributed by atoms with Crippen molar-refractivity contribution in [1.29, 1.82) is 0 Å². The highest BCUT2D eigenvalue weighted by Gasteiger charge is 2.30. The van der Waals surface area contributed by atoms with Crippen LogP contribution >= 0.6 is 0 Å². The molecule has 4 nitrogen and oxygen atoms in total. The number of fused-ring (bicyclic) bond motifs is 1. The van der Waals surface area contributed by atoms with Crippen LogP contribution in [0.3, 0.4) is 0 Å². The zero-order valence-corrected chi connectivity index (χ0v) is 15.7. The molecule has 0 fully saturated rings. The van der Waals surface area contributed by atoms with Crippen molar-refractivity contribution in [3.63, 3.8) is 0 Å². The van der Waals surface area contributed by atoms with Gasteiger partial charge in [-0.15, -0.1) is 0 Å². The van der Waals surface area contributed by atoms with E-state index in [2.05, 4.69) is 49.3 Å². The third-order valence-electron chi connectivity index (χ3n) is 5.15. The van der Waals surface area contributed by atoms with E-state index in [1.165, 1.54) is 16.7 Å². The molecule has 1 aliphatic rings. The predicted molar refractivity (Wildman–Crippen MR) is 106 cm³/mol. The van der Waals surface area contributed by atoms with Gasteiger partial charge in [0.05, 0.1) is 11.9 Å². The Morgan fingerprint density at radius 2 is 2.00 bits per heavy atom. The Balaban J connectivity index is 1.79. The summed E-state index contributed by atoms with van der Waals surface area (Å²) in [6, 6.07) is 12.4. The van der Waals surface area contributed by atoms with Gasteiger partial charge >= 0.3 is 0 Å². The van der Waals surface area contributed by atoms with E-state index in [0.29, 0.717) is 23.8 Å². The summed E-state index contributed by atoms with van der Waals surface area (Å²) in [5.74, 6) is 0.776. The molecule has 2 atom stereocenters. The van der Waals surface area contributed by atoms with Crippen molar-refractivity contribution < 1.29 is 4.79 Å². The molecular weight excluding hydrogens is 322 g/mol. The van der Waals surface area contributed by atoms with Crippen molar-refractivity contribution in [2.24, 2.45) is 11.7 Å². The molecule has 0 spiro atoms. The highest BCUT2D eigenvalue weighted by molar-refractivity contribution is 5.94. The molecule has 0 saturated heterocycles. The van der Waals surface area contributed by atoms with Gasteiger partial charge in [0.2, 0.25) is 0 Å². The monoisotopic (exact) mass is 349 g/mol. The predicted octanol–water partition coefficient (Wildman–Crippen LogP) is 3.49. The Morgan fingerprint density at radius 3 is 2.73 bits per heavy atom. The van der Waals surface area contributed by atoms with Crippen LogP contribution in [0.2, 0.25) is 0 Å². The summed E-state index contributed by atoms with van der Waals surface area (Å²) >= 11 is 0. The summed E-state index contributed by atoms with van der Waals surface area (Å²) in [6.07, 6.45) is 1.00. The van der Waals surface area contributed by atoms with Crippen molar-refractivity contribution in [2.45, 2.75) is 39.8 Å². The Bertz CT molecular complexity index is 856. The number of amides is 1. The first-order valence-corrected chi connectivity index (χ1v) is 9.03. The zero-order valence-electron chi connectivity index (χ0n) is 15.7. The Kier molecular flexibility index (Phi) is 5.03. The van der Waals surface area contributed by atoms with E-state index in [1.54, 1.807) is 0 Å². The summed E-state index contributed by atoms with van der Waals surface area (Å²) in [5, 5.41) is 6.26. The van der Waals surface area contributed by atoms with E-state index < -0.39 is 0 Å². The van der Waals surface area contributed by atoms with Crippen LogP contribution in [0.1, 0.15) is 51.1 Å². The molecule has 4 N–H and O–H groups in total. The van der Waals surface area contributed by atoms with Crippen LogP contribution < -0.4 is 16.4 Å². The topological polar surface area (TPSA) is 67.1 Å². The molecule has 26 heavy (non-hydrogen) atoms. The smallest absolute Gasteiger partial charge is 0.251 e. The summed E-state index contributed by atoms with van der Waals surface area (Å²) in [7, 11) is 0. The summed E-state index contributed by atoms with van der Waals surface area (Å²) < 4.78 is 0. The number of rotatable bonds is 5. The van der Waals surface area contributed by atoms with Crippen LogP contribution in [0.15, 0.2) is 48.8 Å². The second kappa shape index (κ2) is 7.24. The maximum absolute atomic E-state index is 12.9. The van der Waals surface area contributed by atoms with Crippen LogP contribution in [0, 0.1) is 19.8 Å². The molecule has 2 aromatic rings. The largest absolute Gasteiger partial charge is 0.386 e. The fourth-order valence-electron chi connectivity index (χ4n) is 3.62. The van der Waals surface area contributed by atoms with Crippen molar-refractivity contribution in [3.8, 4) is 0 Å². The Hall–Kier alpha value is -2.75. The lowest BCUT2D eigenvalue weighted by Gasteiger charge is -2.20. The fourth-order valence-corrected chi connectivity index (χ4v) is 3.62. The molecule has 0 radical (unpaired) electrons. The van der Waals surface area contributed by atoms with Crippen LogP contribution in [-0.4, -0.2) is 5.91 Å². The van der Waals surface area contributed by atoms with Gasteiger partial charge in [-0.2, -0.15) is 0 Å². The molecular formula is C22H27N3O. The summed E-state index contributed by atoms with van der Waals surface area (Å²) in [6.45, 7) is 10.5. The molecule has 0 heterocycles. The van der Waals surface area contributed by atoms with E-state index in [9.17, 15) is 4.79 Å². The molecule has 0 unspecified atom stereocenters. The quantitative estimate of drug-likeness (QED) is 0.774. The summed E-state index contributed by atoms with van der Waals surface area (Å²) in [5.41, 5.74) is 12.2. The average Bonchev–Trinajstić information content (AvgIpc) is 2.89. The van der Waals surface area contributed by atoms with Gasteiger partial charge in [-0.3, -0.25) is 4.79 Å². The minimum absolute atomic E-state index is 0.0379. The molecule has 0 saturated carbocycles. The number of carbonyl (C=O) groups excluding carboxylic acids is 1. The van der Waals surface area contributed by atoms with Crippen LogP contribution in [0.5, 0.6) is 0 Å². The fraction of sp³-hybridized carbons (Fsp3) is 0.318. The maximum Gasteiger partial charge on any atom is 0.251 e. The number of carbonyl (C=O) groups is 1. The summed E-state index contributed by atoms with van der Waals surface area (Å²) in [4.78, 5) is 12.9. The van der Waals surface area contributed by atoms with Gasteiger partial charge in [0.15, 0.2) is 0 Å². The third-order valence-corrected chi connectivity index (χ3v) is 5.15. The van der Waals surface area contributed by atoms with Crippen molar-refractivity contribution in [1.82, 2.24) is 10.6 Å². The van der Waals surface area contributed by atoms with E-state index in [4.69, 9.17) is 5.73 Å². The minimum atomic E-state index is -0.0379. The molecule has 2 aromatic carbocycles. The molecule has 0 aromatic heterocycles.